The molecule has 0 saturated heterocycles. The summed E-state index contributed by atoms with van der Waals surface area (Å²) in [5, 5.41) is 0. The van der Waals surface area contributed by atoms with E-state index in [2.05, 4.69) is 11.0 Å². The smallest absolute Gasteiger partial charge is 0.318 e. The van der Waals surface area contributed by atoms with E-state index in [0.717, 1.165) is 17.7 Å². The first-order chi connectivity index (χ1) is 10.1. The minimum absolute atomic E-state index is 0.229. The van der Waals surface area contributed by atoms with E-state index >= 15 is 0 Å². The Morgan fingerprint density at radius 2 is 1.67 bits per heavy atom. The Bertz CT molecular complexity index is 593. The molecule has 0 fully saturated rings. The number of esters is 1. The van der Waals surface area contributed by atoms with Gasteiger partial charge in [0.2, 0.25) is 0 Å². The highest BCUT2D eigenvalue weighted by Crippen LogP contribution is 2.23. The summed E-state index contributed by atoms with van der Waals surface area (Å²) >= 11 is 0. The average molecular weight is 283 g/mol. The van der Waals surface area contributed by atoms with Gasteiger partial charge in [0.1, 0.15) is 5.75 Å². The molecule has 0 heterocycles. The molecule has 0 aromatic heterocycles. The molecule has 0 bridgehead atoms. The lowest BCUT2D eigenvalue weighted by atomic mass is 9.95. The summed E-state index contributed by atoms with van der Waals surface area (Å²) in [7, 11) is 4.04. The Balaban J connectivity index is 2.16. The van der Waals surface area contributed by atoms with Crippen LogP contribution in [0.15, 0.2) is 54.6 Å². The monoisotopic (exact) mass is 283 g/mol. The minimum Gasteiger partial charge on any atom is -0.426 e. The summed E-state index contributed by atoms with van der Waals surface area (Å²) in [5.41, 5.74) is 2.17. The van der Waals surface area contributed by atoms with Crippen LogP contribution in [-0.4, -0.2) is 25.0 Å². The Labute approximate surface area is 126 Å². The Morgan fingerprint density at radius 1 is 1.05 bits per heavy atom. The van der Waals surface area contributed by atoms with Crippen molar-refractivity contribution in [2.45, 2.75) is 19.4 Å². The summed E-state index contributed by atoms with van der Waals surface area (Å²) in [6, 6.07) is 17.2. The Morgan fingerprint density at radius 3 is 2.33 bits per heavy atom. The lowest BCUT2D eigenvalue weighted by Gasteiger charge is -2.18. The van der Waals surface area contributed by atoms with Crippen molar-refractivity contribution in [1.82, 2.24) is 4.90 Å². The summed E-state index contributed by atoms with van der Waals surface area (Å²) in [6.07, 6.45) is 0. The first-order valence-corrected chi connectivity index (χ1v) is 7.07. The number of benzene rings is 2. The minimum atomic E-state index is -0.290. The number of hydrogen-bond acceptors (Lipinski definition) is 3. The highest BCUT2D eigenvalue weighted by atomic mass is 16.5. The van der Waals surface area contributed by atoms with Gasteiger partial charge in [-0.25, -0.2) is 0 Å². The number of rotatable bonds is 5. The van der Waals surface area contributed by atoms with E-state index in [1.165, 1.54) is 0 Å². The lowest BCUT2D eigenvalue weighted by Crippen LogP contribution is -2.19. The molecule has 2 rings (SSSR count). The molecule has 0 radical (unpaired) electrons. The van der Waals surface area contributed by atoms with Gasteiger partial charge < -0.3 is 9.64 Å². The molecule has 1 atom stereocenters. The van der Waals surface area contributed by atoms with Crippen molar-refractivity contribution < 1.29 is 9.53 Å². The summed E-state index contributed by atoms with van der Waals surface area (Å²) in [6.45, 7) is 2.69. The molecule has 0 aliphatic rings. The third-order valence-corrected chi connectivity index (χ3v) is 3.32. The molecule has 110 valence electrons. The van der Waals surface area contributed by atoms with Crippen molar-refractivity contribution in [2.75, 3.05) is 14.1 Å². The quantitative estimate of drug-likeness (QED) is 0.621. The van der Waals surface area contributed by atoms with Gasteiger partial charge in [0.25, 0.3) is 0 Å². The van der Waals surface area contributed by atoms with Crippen LogP contribution < -0.4 is 4.74 Å². The molecule has 0 N–H and O–H groups in total. The molecule has 2 aromatic rings. The second-order valence-electron chi connectivity index (χ2n) is 5.39. The van der Waals surface area contributed by atoms with Gasteiger partial charge >= 0.3 is 5.97 Å². The summed E-state index contributed by atoms with van der Waals surface area (Å²) < 4.78 is 5.44. The van der Waals surface area contributed by atoms with E-state index in [-0.39, 0.29) is 11.9 Å². The highest BCUT2D eigenvalue weighted by molar-refractivity contribution is 5.80. The number of carbonyl (C=O) groups excluding carboxylic acids is 1. The van der Waals surface area contributed by atoms with Crippen LogP contribution in [0.1, 0.15) is 24.0 Å². The first kappa shape index (κ1) is 15.3. The third-order valence-electron chi connectivity index (χ3n) is 3.32. The van der Waals surface area contributed by atoms with Gasteiger partial charge in [0, 0.05) is 6.54 Å². The van der Waals surface area contributed by atoms with Gasteiger partial charge in [-0.2, -0.15) is 0 Å². The van der Waals surface area contributed by atoms with E-state index in [4.69, 9.17) is 4.74 Å². The molecule has 0 spiro atoms. The lowest BCUT2D eigenvalue weighted by molar-refractivity contribution is -0.135. The Hall–Kier alpha value is -2.13. The van der Waals surface area contributed by atoms with Gasteiger partial charge in [-0.15, -0.1) is 0 Å². The molecule has 0 aliphatic carbocycles. The van der Waals surface area contributed by atoms with Crippen molar-refractivity contribution in [3.05, 3.63) is 65.7 Å². The van der Waals surface area contributed by atoms with E-state index < -0.39 is 0 Å². The maximum Gasteiger partial charge on any atom is 0.318 e. The zero-order chi connectivity index (χ0) is 15.2. The average Bonchev–Trinajstić information content (AvgIpc) is 2.47. The second-order valence-corrected chi connectivity index (χ2v) is 5.39. The molecule has 0 saturated carbocycles. The zero-order valence-corrected chi connectivity index (χ0v) is 12.7. The van der Waals surface area contributed by atoms with Gasteiger partial charge in [-0.05, 0) is 44.3 Å². The molecule has 0 amide bonds. The van der Waals surface area contributed by atoms with Crippen LogP contribution in [0.3, 0.4) is 0 Å². The fraction of sp³-hybridized carbons (Fsp3) is 0.278. The maximum atomic E-state index is 12.3. The van der Waals surface area contributed by atoms with Crippen LogP contribution >= 0.6 is 0 Å². The third kappa shape index (κ3) is 4.17. The van der Waals surface area contributed by atoms with Gasteiger partial charge in [0.15, 0.2) is 0 Å². The molecule has 1 unspecified atom stereocenters. The van der Waals surface area contributed by atoms with Crippen molar-refractivity contribution in [2.24, 2.45) is 0 Å². The summed E-state index contributed by atoms with van der Waals surface area (Å²) in [5.74, 6) is 0.0632. The maximum absolute atomic E-state index is 12.3. The van der Waals surface area contributed by atoms with Crippen LogP contribution in [-0.2, 0) is 11.3 Å². The number of ether oxygens (including phenoxy) is 1. The second kappa shape index (κ2) is 7.04. The van der Waals surface area contributed by atoms with Crippen LogP contribution in [0, 0.1) is 0 Å². The number of carbonyl (C=O) groups is 1. The van der Waals surface area contributed by atoms with Crippen molar-refractivity contribution in [1.29, 1.82) is 0 Å². The zero-order valence-electron chi connectivity index (χ0n) is 12.7. The molecule has 3 heteroatoms. The van der Waals surface area contributed by atoms with Crippen molar-refractivity contribution >= 4 is 5.97 Å². The molecule has 0 aliphatic heterocycles. The SMILES string of the molecule is CC(C(=O)Oc1ccccc1)c1ccccc1CN(C)C. The molecule has 21 heavy (non-hydrogen) atoms. The molecule has 2 aromatic carbocycles. The predicted octanol–water partition coefficient (Wildman–Crippen LogP) is 3.46. The fourth-order valence-corrected chi connectivity index (χ4v) is 2.26. The molecular weight excluding hydrogens is 262 g/mol. The van der Waals surface area contributed by atoms with E-state index in [1.807, 2.05) is 57.4 Å². The topological polar surface area (TPSA) is 29.5 Å². The van der Waals surface area contributed by atoms with Crippen LogP contribution in [0.2, 0.25) is 0 Å². The van der Waals surface area contributed by atoms with E-state index in [9.17, 15) is 4.79 Å². The fourth-order valence-electron chi connectivity index (χ4n) is 2.26. The van der Waals surface area contributed by atoms with Crippen LogP contribution in [0.5, 0.6) is 5.75 Å². The normalized spacial score (nSPS) is 12.2. The largest absolute Gasteiger partial charge is 0.426 e. The number of para-hydroxylation sites is 1. The van der Waals surface area contributed by atoms with Crippen LogP contribution in [0.4, 0.5) is 0 Å². The molecular formula is C18H21NO2. The standard InChI is InChI=1S/C18H21NO2/c1-14(18(20)21-16-10-5-4-6-11-16)17-12-8-7-9-15(17)13-19(2)3/h4-12,14H,13H2,1-3H3. The van der Waals surface area contributed by atoms with E-state index in [1.54, 1.807) is 12.1 Å². The number of hydrogen-bond donors (Lipinski definition) is 0. The van der Waals surface area contributed by atoms with Crippen molar-refractivity contribution in [3.63, 3.8) is 0 Å². The van der Waals surface area contributed by atoms with Gasteiger partial charge in [-0.1, -0.05) is 42.5 Å². The van der Waals surface area contributed by atoms with Crippen LogP contribution in [0.25, 0.3) is 0 Å². The number of nitrogens with zero attached hydrogens (tertiary/aromatic N) is 1. The summed E-state index contributed by atoms with van der Waals surface area (Å²) in [4.78, 5) is 14.4. The Kier molecular flexibility index (Phi) is 5.12. The van der Waals surface area contributed by atoms with Crippen molar-refractivity contribution in [3.8, 4) is 5.75 Å². The van der Waals surface area contributed by atoms with Gasteiger partial charge in [0.05, 0.1) is 5.92 Å². The predicted molar refractivity (Wildman–Crippen MR) is 84.3 cm³/mol. The van der Waals surface area contributed by atoms with E-state index in [0.29, 0.717) is 5.75 Å². The van der Waals surface area contributed by atoms with Gasteiger partial charge in [-0.3, -0.25) is 4.79 Å². The highest BCUT2D eigenvalue weighted by Gasteiger charge is 2.20. The first-order valence-electron chi connectivity index (χ1n) is 7.07. The molecule has 3 nitrogen and oxygen atoms in total.